The van der Waals surface area contributed by atoms with Crippen LogP contribution in [0.3, 0.4) is 0 Å². The molecule has 0 fully saturated rings. The van der Waals surface area contributed by atoms with Gasteiger partial charge in [0.15, 0.2) is 0 Å². The van der Waals surface area contributed by atoms with Gasteiger partial charge in [-0.2, -0.15) is 15.2 Å². The average Bonchev–Trinajstić information content (AvgIpc) is 3.30. The number of hydrogen-bond donors (Lipinski definition) is 0. The highest BCUT2D eigenvalue weighted by Crippen LogP contribution is 2.25. The van der Waals surface area contributed by atoms with Crippen molar-refractivity contribution in [2.75, 3.05) is 0 Å². The minimum Gasteiger partial charge on any atom is -0.249 e. The molecule has 132 valence electrons. The molecule has 0 saturated heterocycles. The molecule has 0 radical (unpaired) electrons. The molecule has 2 aromatic carbocycles. The second-order valence-electron chi connectivity index (χ2n) is 5.94. The second-order valence-corrected chi connectivity index (χ2v) is 6.30. The molecule has 0 unspecified atom stereocenters. The van der Waals surface area contributed by atoms with Gasteiger partial charge in [-0.15, -0.1) is 10.2 Å². The van der Waals surface area contributed by atoms with Gasteiger partial charge < -0.3 is 0 Å². The summed E-state index contributed by atoms with van der Waals surface area (Å²) in [5.74, 6) is 0.424. The molecule has 4 rings (SSSR count). The Morgan fingerprint density at radius 3 is 2.44 bits per heavy atom. The lowest BCUT2D eigenvalue weighted by atomic mass is 10.1. The number of rotatable bonds is 5. The fraction of sp³-hybridized carbons (Fsp3) is 0.105. The Balaban J connectivity index is 1.52. The van der Waals surface area contributed by atoms with E-state index in [9.17, 15) is 0 Å². The zero-order valence-electron chi connectivity index (χ0n) is 14.2. The van der Waals surface area contributed by atoms with Crippen molar-refractivity contribution in [1.29, 1.82) is 5.26 Å². The van der Waals surface area contributed by atoms with Crippen molar-refractivity contribution in [2.24, 2.45) is 0 Å². The van der Waals surface area contributed by atoms with E-state index in [2.05, 4.69) is 26.6 Å². The van der Waals surface area contributed by atoms with Crippen molar-refractivity contribution in [3.63, 3.8) is 0 Å². The molecular weight excluding hydrogens is 362 g/mol. The van der Waals surface area contributed by atoms with E-state index in [0.29, 0.717) is 35.2 Å². The molecular formula is C19H14ClN7. The van der Waals surface area contributed by atoms with Crippen LogP contribution in [0.1, 0.15) is 16.7 Å². The predicted octanol–water partition coefficient (Wildman–Crippen LogP) is 3.16. The summed E-state index contributed by atoms with van der Waals surface area (Å²) in [6, 6.07) is 19.3. The SMILES string of the molecule is N#Cc1ccc(Cn2nnc(-c3cnn(Cc4ccccc4)c3Cl)n2)cc1. The Morgan fingerprint density at radius 1 is 0.963 bits per heavy atom. The van der Waals surface area contributed by atoms with Crippen LogP contribution < -0.4 is 0 Å². The van der Waals surface area contributed by atoms with Gasteiger partial charge in [0.2, 0.25) is 5.82 Å². The number of tetrazole rings is 1. The maximum Gasteiger partial charge on any atom is 0.209 e. The zero-order chi connectivity index (χ0) is 18.6. The fourth-order valence-corrected chi connectivity index (χ4v) is 2.89. The number of aromatic nitrogens is 6. The van der Waals surface area contributed by atoms with E-state index < -0.39 is 0 Å². The third-order valence-electron chi connectivity index (χ3n) is 4.05. The van der Waals surface area contributed by atoms with Crippen LogP contribution >= 0.6 is 11.6 Å². The first-order chi connectivity index (χ1) is 13.2. The van der Waals surface area contributed by atoms with E-state index in [1.165, 1.54) is 4.80 Å². The van der Waals surface area contributed by atoms with Crippen molar-refractivity contribution in [2.45, 2.75) is 13.1 Å². The van der Waals surface area contributed by atoms with Crippen LogP contribution in [0.2, 0.25) is 5.15 Å². The molecule has 0 amide bonds. The number of hydrogen-bond acceptors (Lipinski definition) is 5. The molecule has 0 aliphatic rings. The average molecular weight is 376 g/mol. The molecule has 0 atom stereocenters. The van der Waals surface area contributed by atoms with Crippen molar-refractivity contribution < 1.29 is 0 Å². The summed E-state index contributed by atoms with van der Waals surface area (Å²) < 4.78 is 1.70. The van der Waals surface area contributed by atoms with Gasteiger partial charge in [0.05, 0.1) is 36.5 Å². The van der Waals surface area contributed by atoms with Gasteiger partial charge in [-0.3, -0.25) is 0 Å². The third kappa shape index (κ3) is 3.71. The smallest absolute Gasteiger partial charge is 0.209 e. The first-order valence-corrected chi connectivity index (χ1v) is 8.63. The quantitative estimate of drug-likeness (QED) is 0.535. The molecule has 7 nitrogen and oxygen atoms in total. The number of nitrogens with zero attached hydrogens (tertiary/aromatic N) is 7. The summed E-state index contributed by atoms with van der Waals surface area (Å²) in [6.07, 6.45) is 1.65. The molecule has 2 heterocycles. The third-order valence-corrected chi connectivity index (χ3v) is 4.45. The molecule has 0 bridgehead atoms. The van der Waals surface area contributed by atoms with E-state index in [-0.39, 0.29) is 0 Å². The fourth-order valence-electron chi connectivity index (χ4n) is 2.65. The van der Waals surface area contributed by atoms with E-state index in [1.807, 2.05) is 42.5 Å². The van der Waals surface area contributed by atoms with E-state index in [4.69, 9.17) is 16.9 Å². The molecule has 0 aliphatic heterocycles. The summed E-state index contributed by atoms with van der Waals surface area (Å²) in [4.78, 5) is 1.49. The molecule has 0 saturated carbocycles. The first kappa shape index (κ1) is 16.9. The van der Waals surface area contributed by atoms with Crippen LogP contribution in [0.15, 0.2) is 60.8 Å². The van der Waals surface area contributed by atoms with Gasteiger partial charge in [-0.1, -0.05) is 54.1 Å². The van der Waals surface area contributed by atoms with Crippen LogP contribution in [0.4, 0.5) is 0 Å². The summed E-state index contributed by atoms with van der Waals surface area (Å²) >= 11 is 6.46. The standard InChI is InChI=1S/C19H14ClN7/c20-18-17(11-22-26(18)12-15-4-2-1-3-5-15)19-23-25-27(24-19)13-16-8-6-14(10-21)7-9-16/h1-9,11H,12-13H2. The van der Waals surface area contributed by atoms with Crippen LogP contribution in [-0.2, 0) is 13.1 Å². The van der Waals surface area contributed by atoms with Crippen LogP contribution in [0.5, 0.6) is 0 Å². The van der Waals surface area contributed by atoms with E-state index in [1.54, 1.807) is 23.0 Å². The van der Waals surface area contributed by atoms with Crippen molar-refractivity contribution >= 4 is 11.6 Å². The van der Waals surface area contributed by atoms with Crippen molar-refractivity contribution in [3.8, 4) is 17.5 Å². The van der Waals surface area contributed by atoms with Crippen molar-refractivity contribution in [1.82, 2.24) is 30.0 Å². The lowest BCUT2D eigenvalue weighted by molar-refractivity contribution is 0.573. The molecule has 4 aromatic rings. The Labute approximate surface area is 160 Å². The molecule has 27 heavy (non-hydrogen) atoms. The van der Waals surface area contributed by atoms with Gasteiger partial charge in [0.25, 0.3) is 0 Å². The normalized spacial score (nSPS) is 10.7. The van der Waals surface area contributed by atoms with E-state index >= 15 is 0 Å². The Morgan fingerprint density at radius 2 is 1.70 bits per heavy atom. The molecule has 8 heteroatoms. The van der Waals surface area contributed by atoms with E-state index in [0.717, 1.165) is 11.1 Å². The van der Waals surface area contributed by atoms with Crippen LogP contribution in [0, 0.1) is 11.3 Å². The molecule has 0 N–H and O–H groups in total. The number of nitriles is 1. The van der Waals surface area contributed by atoms with Crippen LogP contribution in [0.25, 0.3) is 11.4 Å². The Kier molecular flexibility index (Phi) is 4.64. The monoisotopic (exact) mass is 375 g/mol. The maximum absolute atomic E-state index is 8.86. The molecule has 0 spiro atoms. The zero-order valence-corrected chi connectivity index (χ0v) is 15.0. The van der Waals surface area contributed by atoms with Gasteiger partial charge >= 0.3 is 0 Å². The highest BCUT2D eigenvalue weighted by atomic mass is 35.5. The maximum atomic E-state index is 8.86. The highest BCUT2D eigenvalue weighted by molar-refractivity contribution is 6.32. The lowest BCUT2D eigenvalue weighted by Gasteiger charge is -2.03. The topological polar surface area (TPSA) is 85.2 Å². The minimum absolute atomic E-state index is 0.424. The lowest BCUT2D eigenvalue weighted by Crippen LogP contribution is -2.04. The summed E-state index contributed by atoms with van der Waals surface area (Å²) in [7, 11) is 0. The molecule has 0 aliphatic carbocycles. The summed E-state index contributed by atoms with van der Waals surface area (Å²) in [6.45, 7) is 1.02. The van der Waals surface area contributed by atoms with Gasteiger partial charge in [0.1, 0.15) is 5.15 Å². The largest absolute Gasteiger partial charge is 0.249 e. The van der Waals surface area contributed by atoms with Gasteiger partial charge in [-0.25, -0.2) is 4.68 Å². The highest BCUT2D eigenvalue weighted by Gasteiger charge is 2.15. The molecule has 2 aromatic heterocycles. The summed E-state index contributed by atoms with van der Waals surface area (Å²) in [5, 5.41) is 26.2. The second kappa shape index (κ2) is 7.40. The number of benzene rings is 2. The Bertz CT molecular complexity index is 1090. The summed E-state index contributed by atoms with van der Waals surface area (Å²) in [5.41, 5.74) is 3.33. The Hall–Kier alpha value is -3.50. The minimum atomic E-state index is 0.424. The van der Waals surface area contributed by atoms with Gasteiger partial charge in [0, 0.05) is 0 Å². The predicted molar refractivity (Wildman–Crippen MR) is 99.9 cm³/mol. The van der Waals surface area contributed by atoms with Crippen molar-refractivity contribution in [3.05, 3.63) is 82.6 Å². The van der Waals surface area contributed by atoms with Gasteiger partial charge in [-0.05, 0) is 28.5 Å². The first-order valence-electron chi connectivity index (χ1n) is 8.25. The van der Waals surface area contributed by atoms with Crippen LogP contribution in [-0.4, -0.2) is 30.0 Å². The number of halogens is 1.